The molecule has 0 aliphatic rings. The van der Waals surface area contributed by atoms with Crippen LogP contribution in [0.5, 0.6) is 0 Å². The van der Waals surface area contributed by atoms with Crippen molar-refractivity contribution in [3.8, 4) is 0 Å². The monoisotopic (exact) mass is 248 g/mol. The van der Waals surface area contributed by atoms with Crippen LogP contribution in [0.2, 0.25) is 0 Å². The van der Waals surface area contributed by atoms with Crippen molar-refractivity contribution < 1.29 is 27.5 Å². The summed E-state index contributed by atoms with van der Waals surface area (Å²) in [5.41, 5.74) is 0. The first-order chi connectivity index (χ1) is 1.73. The van der Waals surface area contributed by atoms with E-state index in [1.165, 1.54) is 0 Å². The summed E-state index contributed by atoms with van der Waals surface area (Å²) in [7, 11) is 0. The molecule has 3 heteroatoms. The Morgan fingerprint density at radius 2 is 1.33 bits per heavy atom. The molecule has 0 aromatic rings. The van der Waals surface area contributed by atoms with Crippen LogP contribution in [0.3, 0.4) is 0 Å². The van der Waals surface area contributed by atoms with Gasteiger partial charge in [0.1, 0.15) is 0 Å². The molecule has 1 N–H and O–H groups in total. The van der Waals surface area contributed by atoms with Gasteiger partial charge in [0, 0.05) is 47.3 Å². The Labute approximate surface area is 66.2 Å². The van der Waals surface area contributed by atoms with Crippen molar-refractivity contribution in [2.45, 2.75) is 20.0 Å². The van der Waals surface area contributed by atoms with E-state index in [1.54, 1.807) is 13.8 Å². The van der Waals surface area contributed by atoms with E-state index in [4.69, 9.17) is 5.11 Å². The number of hydrogen-bond donors (Lipinski definition) is 1. The number of hydrogen-bond acceptors (Lipinski definition) is 1. The molecule has 0 amide bonds. The van der Waals surface area contributed by atoms with Crippen LogP contribution in [0.1, 0.15) is 13.8 Å². The van der Waals surface area contributed by atoms with Gasteiger partial charge in [0.25, 0.3) is 0 Å². The summed E-state index contributed by atoms with van der Waals surface area (Å²) in [6.07, 6.45) is -0.167. The predicted molar refractivity (Wildman–Crippen MR) is 23.1 cm³/mol. The maximum Gasteiger partial charge on any atom is 0.0483 e. The summed E-state index contributed by atoms with van der Waals surface area (Å²) >= 11 is 0. The summed E-state index contributed by atoms with van der Waals surface area (Å²) in [6, 6.07) is 0. The van der Waals surface area contributed by atoms with Crippen LogP contribution in [0.25, 0.3) is 0 Å². The standard InChI is InChI=1S/C3H8O.Li.Ta/c1-3(2)4;;/h3-4H,1-2H3;;. The van der Waals surface area contributed by atoms with Crippen LogP contribution in [0.15, 0.2) is 0 Å². The van der Waals surface area contributed by atoms with Crippen LogP contribution in [-0.4, -0.2) is 30.1 Å². The van der Waals surface area contributed by atoms with Gasteiger partial charge < -0.3 is 5.11 Å². The van der Waals surface area contributed by atoms with Gasteiger partial charge in [-0.05, 0) is 13.8 Å². The smallest absolute Gasteiger partial charge is 0.0483 e. The van der Waals surface area contributed by atoms with Crippen molar-refractivity contribution in [2.24, 2.45) is 0 Å². The zero-order valence-corrected chi connectivity index (χ0v) is 7.69. The first kappa shape index (κ1) is 15.7. The van der Waals surface area contributed by atoms with Crippen LogP contribution in [0, 0.1) is 0 Å². The SMILES string of the molecule is CC(C)O.[Li].[Ta]. The maximum absolute atomic E-state index is 8.06. The molecule has 0 aromatic carbocycles. The molecule has 32 valence electrons. The van der Waals surface area contributed by atoms with Gasteiger partial charge in [0.2, 0.25) is 0 Å². The van der Waals surface area contributed by atoms with Crippen molar-refractivity contribution in [3.05, 3.63) is 0 Å². The first-order valence-electron chi connectivity index (χ1n) is 1.41. The molecule has 1 nitrogen and oxygen atoms in total. The molecule has 0 bridgehead atoms. The molecule has 0 aliphatic carbocycles. The molecular formula is C3H8LiOTa. The normalized spacial score (nSPS) is 6.00. The molecule has 0 spiro atoms. The van der Waals surface area contributed by atoms with Crippen LogP contribution >= 0.6 is 0 Å². The molecule has 0 saturated heterocycles. The third kappa shape index (κ3) is 58.1. The molecule has 0 heterocycles. The van der Waals surface area contributed by atoms with Crippen LogP contribution in [0.4, 0.5) is 0 Å². The summed E-state index contributed by atoms with van der Waals surface area (Å²) < 4.78 is 0. The average molecular weight is 248 g/mol. The Balaban J connectivity index is -0.0000000450. The summed E-state index contributed by atoms with van der Waals surface area (Å²) in [4.78, 5) is 0. The largest absolute Gasteiger partial charge is 0.394 e. The summed E-state index contributed by atoms with van der Waals surface area (Å²) in [5.74, 6) is 0. The van der Waals surface area contributed by atoms with Gasteiger partial charge in [0.15, 0.2) is 0 Å². The van der Waals surface area contributed by atoms with Crippen molar-refractivity contribution in [3.63, 3.8) is 0 Å². The third-order valence-corrected chi connectivity index (χ3v) is 0. The van der Waals surface area contributed by atoms with Gasteiger partial charge in [-0.2, -0.15) is 0 Å². The number of aliphatic hydroxyl groups excluding tert-OH is 1. The van der Waals surface area contributed by atoms with Crippen molar-refractivity contribution in [1.29, 1.82) is 0 Å². The van der Waals surface area contributed by atoms with E-state index in [0.29, 0.717) is 0 Å². The zero-order chi connectivity index (χ0) is 3.58. The van der Waals surface area contributed by atoms with Gasteiger partial charge in [-0.3, -0.25) is 0 Å². The van der Waals surface area contributed by atoms with Gasteiger partial charge in [0.05, 0.1) is 0 Å². The molecule has 6 heavy (non-hydrogen) atoms. The van der Waals surface area contributed by atoms with Gasteiger partial charge in [-0.25, -0.2) is 0 Å². The fourth-order valence-electron chi connectivity index (χ4n) is 0. The average Bonchev–Trinajstić information content (AvgIpc) is 0.811. The molecule has 2 radical (unpaired) electrons. The van der Waals surface area contributed by atoms with Crippen molar-refractivity contribution in [2.75, 3.05) is 0 Å². The molecule has 0 fully saturated rings. The molecule has 0 atom stereocenters. The molecule has 0 aliphatic heterocycles. The Kier molecular flexibility index (Phi) is 25.0. The minimum atomic E-state index is -0.167. The second kappa shape index (κ2) is 9.57. The predicted octanol–water partition coefficient (Wildman–Crippen LogP) is 0.00380. The van der Waals surface area contributed by atoms with E-state index in [-0.39, 0.29) is 47.3 Å². The van der Waals surface area contributed by atoms with Crippen molar-refractivity contribution in [1.82, 2.24) is 0 Å². The number of aliphatic hydroxyl groups is 1. The Hall–Kier alpha value is 1.30. The van der Waals surface area contributed by atoms with Gasteiger partial charge in [-0.1, -0.05) is 0 Å². The summed E-state index contributed by atoms with van der Waals surface area (Å²) in [6.45, 7) is 3.44. The fraction of sp³-hybridized carbons (Fsp3) is 1.00. The van der Waals surface area contributed by atoms with Crippen LogP contribution < -0.4 is 0 Å². The Bertz CT molecular complexity index is 15.5. The summed E-state index contributed by atoms with van der Waals surface area (Å²) in [5, 5.41) is 8.06. The molecular weight excluding hydrogens is 240 g/mol. The van der Waals surface area contributed by atoms with E-state index in [2.05, 4.69) is 0 Å². The van der Waals surface area contributed by atoms with Crippen LogP contribution in [-0.2, 0) is 22.4 Å². The van der Waals surface area contributed by atoms with E-state index >= 15 is 0 Å². The minimum Gasteiger partial charge on any atom is -0.394 e. The van der Waals surface area contributed by atoms with E-state index in [1.807, 2.05) is 0 Å². The molecule has 0 rings (SSSR count). The van der Waals surface area contributed by atoms with Gasteiger partial charge >= 0.3 is 0 Å². The number of rotatable bonds is 0. The van der Waals surface area contributed by atoms with Crippen molar-refractivity contribution >= 4 is 18.9 Å². The first-order valence-corrected chi connectivity index (χ1v) is 1.41. The topological polar surface area (TPSA) is 20.2 Å². The zero-order valence-electron chi connectivity index (χ0n) is 4.47. The second-order valence-corrected chi connectivity index (χ2v) is 1.09. The molecule has 0 aromatic heterocycles. The molecule has 0 unspecified atom stereocenters. The molecule has 0 saturated carbocycles. The Morgan fingerprint density at radius 1 is 1.33 bits per heavy atom. The third-order valence-electron chi connectivity index (χ3n) is 0. The van der Waals surface area contributed by atoms with E-state index in [9.17, 15) is 0 Å². The van der Waals surface area contributed by atoms with E-state index < -0.39 is 0 Å². The quantitative estimate of drug-likeness (QED) is 0.598. The fourth-order valence-corrected chi connectivity index (χ4v) is 0. The van der Waals surface area contributed by atoms with E-state index in [0.717, 1.165) is 0 Å². The second-order valence-electron chi connectivity index (χ2n) is 1.09. The maximum atomic E-state index is 8.06. The minimum absolute atomic E-state index is 0. The Morgan fingerprint density at radius 3 is 1.33 bits per heavy atom. The van der Waals surface area contributed by atoms with Gasteiger partial charge in [-0.15, -0.1) is 0 Å².